The molecule has 0 aromatic carbocycles. The average Bonchev–Trinajstić information content (AvgIpc) is 3.42. The summed E-state index contributed by atoms with van der Waals surface area (Å²) in [6, 6.07) is 3.84. The number of ether oxygens (including phenoxy) is 1. The standard InChI is InChI=1S/C20H27F3N6O2/c1-14-4-5-16(31-14)12-24-17-25-18(27-19(26-17)30-13-20(21,22)23)29-10-6-15(7-11-29)28-8-2-3-9-28/h4-5,15H,2-3,6-13H2,1H3,(H,24,25,26,27). The van der Waals surface area contributed by atoms with Crippen LogP contribution in [-0.2, 0) is 6.54 Å². The summed E-state index contributed by atoms with van der Waals surface area (Å²) in [4.78, 5) is 17.1. The molecule has 0 amide bonds. The van der Waals surface area contributed by atoms with Gasteiger partial charge in [0.25, 0.3) is 0 Å². The van der Waals surface area contributed by atoms with Crippen LogP contribution in [0.1, 0.15) is 37.2 Å². The van der Waals surface area contributed by atoms with Crippen LogP contribution in [0.5, 0.6) is 6.01 Å². The topological polar surface area (TPSA) is 79.6 Å². The van der Waals surface area contributed by atoms with Gasteiger partial charge in [-0.2, -0.15) is 28.1 Å². The van der Waals surface area contributed by atoms with E-state index in [1.165, 1.54) is 12.8 Å². The molecule has 0 aliphatic carbocycles. The molecule has 0 radical (unpaired) electrons. The Bertz CT molecular complexity index is 861. The van der Waals surface area contributed by atoms with E-state index < -0.39 is 12.8 Å². The lowest BCUT2D eigenvalue weighted by molar-refractivity contribution is -0.154. The maximum absolute atomic E-state index is 12.6. The SMILES string of the molecule is Cc1ccc(CNc2nc(OCC(F)(F)F)nc(N3CCC(N4CCCC4)CC3)n2)o1. The first-order valence-corrected chi connectivity index (χ1v) is 10.6. The number of rotatable bonds is 7. The number of anilines is 2. The van der Waals surface area contributed by atoms with Gasteiger partial charge in [-0.25, -0.2) is 0 Å². The predicted molar refractivity (Wildman–Crippen MR) is 108 cm³/mol. The van der Waals surface area contributed by atoms with Crippen LogP contribution in [0.4, 0.5) is 25.1 Å². The number of hydrogen-bond donors (Lipinski definition) is 1. The lowest BCUT2D eigenvalue weighted by Crippen LogP contribution is -2.44. The van der Waals surface area contributed by atoms with E-state index in [-0.39, 0.29) is 12.0 Å². The summed E-state index contributed by atoms with van der Waals surface area (Å²) in [7, 11) is 0. The Morgan fingerprint density at radius 3 is 2.48 bits per heavy atom. The second kappa shape index (κ2) is 9.29. The van der Waals surface area contributed by atoms with E-state index in [1.54, 1.807) is 0 Å². The zero-order valence-corrected chi connectivity index (χ0v) is 17.5. The Balaban J connectivity index is 1.45. The molecular weight excluding hydrogens is 413 g/mol. The summed E-state index contributed by atoms with van der Waals surface area (Å²) in [5.41, 5.74) is 0. The van der Waals surface area contributed by atoms with Gasteiger partial charge in [0.05, 0.1) is 6.54 Å². The lowest BCUT2D eigenvalue weighted by Gasteiger charge is -2.36. The van der Waals surface area contributed by atoms with Crippen LogP contribution < -0.4 is 15.0 Å². The predicted octanol–water partition coefficient (Wildman–Crippen LogP) is 3.39. The van der Waals surface area contributed by atoms with Crippen LogP contribution in [0.25, 0.3) is 0 Å². The Labute approximate surface area is 178 Å². The first-order valence-electron chi connectivity index (χ1n) is 10.6. The molecule has 1 N–H and O–H groups in total. The van der Waals surface area contributed by atoms with Crippen molar-refractivity contribution in [3.63, 3.8) is 0 Å². The van der Waals surface area contributed by atoms with Crippen molar-refractivity contribution in [2.45, 2.75) is 51.4 Å². The van der Waals surface area contributed by atoms with Crippen molar-refractivity contribution >= 4 is 11.9 Å². The molecule has 2 aromatic rings. The number of alkyl halides is 3. The Morgan fingerprint density at radius 1 is 1.10 bits per heavy atom. The molecule has 2 aliphatic rings. The number of nitrogens with zero attached hydrogens (tertiary/aromatic N) is 5. The van der Waals surface area contributed by atoms with Gasteiger partial charge in [-0.15, -0.1) is 0 Å². The van der Waals surface area contributed by atoms with Crippen molar-refractivity contribution in [3.8, 4) is 6.01 Å². The number of likely N-dealkylation sites (tertiary alicyclic amines) is 1. The zero-order chi connectivity index (χ0) is 21.8. The van der Waals surface area contributed by atoms with E-state index >= 15 is 0 Å². The number of nitrogens with one attached hydrogen (secondary N) is 1. The van der Waals surface area contributed by atoms with Crippen molar-refractivity contribution in [1.82, 2.24) is 19.9 Å². The van der Waals surface area contributed by atoms with Crippen molar-refractivity contribution in [2.24, 2.45) is 0 Å². The number of aryl methyl sites for hydroxylation is 1. The fourth-order valence-electron chi connectivity index (χ4n) is 4.06. The molecular formula is C20H27F3N6O2. The Morgan fingerprint density at radius 2 is 1.84 bits per heavy atom. The lowest BCUT2D eigenvalue weighted by atomic mass is 10.0. The molecule has 4 heterocycles. The second-order valence-corrected chi connectivity index (χ2v) is 7.97. The van der Waals surface area contributed by atoms with Crippen molar-refractivity contribution in [1.29, 1.82) is 0 Å². The molecule has 0 atom stereocenters. The molecule has 31 heavy (non-hydrogen) atoms. The van der Waals surface area contributed by atoms with Crippen LogP contribution in [0.3, 0.4) is 0 Å². The van der Waals surface area contributed by atoms with Crippen molar-refractivity contribution in [2.75, 3.05) is 43.0 Å². The minimum atomic E-state index is -4.47. The van der Waals surface area contributed by atoms with Crippen LogP contribution in [0, 0.1) is 6.92 Å². The van der Waals surface area contributed by atoms with Gasteiger partial charge in [0.2, 0.25) is 11.9 Å². The number of hydrogen-bond acceptors (Lipinski definition) is 8. The summed E-state index contributed by atoms with van der Waals surface area (Å²) >= 11 is 0. The molecule has 0 saturated carbocycles. The average molecular weight is 440 g/mol. The molecule has 11 heteroatoms. The van der Waals surface area contributed by atoms with Gasteiger partial charge in [-0.1, -0.05) is 0 Å². The van der Waals surface area contributed by atoms with Gasteiger partial charge < -0.3 is 24.3 Å². The van der Waals surface area contributed by atoms with Gasteiger partial charge in [0, 0.05) is 19.1 Å². The van der Waals surface area contributed by atoms with Gasteiger partial charge in [0.15, 0.2) is 6.61 Å². The molecule has 2 aromatic heterocycles. The van der Waals surface area contributed by atoms with E-state index in [1.807, 2.05) is 24.0 Å². The number of aromatic nitrogens is 3. The highest BCUT2D eigenvalue weighted by Gasteiger charge is 2.30. The minimum absolute atomic E-state index is 0.151. The van der Waals surface area contributed by atoms with Crippen LogP contribution in [0.15, 0.2) is 16.5 Å². The molecule has 0 unspecified atom stereocenters. The first-order chi connectivity index (χ1) is 14.9. The summed E-state index contributed by atoms with van der Waals surface area (Å²) in [5.74, 6) is 1.91. The monoisotopic (exact) mass is 440 g/mol. The maximum atomic E-state index is 12.6. The third-order valence-electron chi connectivity index (χ3n) is 5.59. The van der Waals surface area contributed by atoms with Gasteiger partial charge in [0.1, 0.15) is 11.5 Å². The fraction of sp³-hybridized carbons (Fsp3) is 0.650. The van der Waals surface area contributed by atoms with Crippen LogP contribution >= 0.6 is 0 Å². The normalized spacial score (nSPS) is 18.5. The summed E-state index contributed by atoms with van der Waals surface area (Å²) < 4.78 is 48.2. The third-order valence-corrected chi connectivity index (χ3v) is 5.59. The molecule has 170 valence electrons. The highest BCUT2D eigenvalue weighted by atomic mass is 19.4. The summed E-state index contributed by atoms with van der Waals surface area (Å²) in [6.07, 6.45) is -0.0342. The van der Waals surface area contributed by atoms with Crippen molar-refractivity contribution in [3.05, 3.63) is 23.7 Å². The van der Waals surface area contributed by atoms with Gasteiger partial charge in [-0.3, -0.25) is 0 Å². The molecule has 0 bridgehead atoms. The zero-order valence-electron chi connectivity index (χ0n) is 17.5. The molecule has 8 nitrogen and oxygen atoms in total. The summed E-state index contributed by atoms with van der Waals surface area (Å²) in [5, 5.41) is 2.99. The highest BCUT2D eigenvalue weighted by Crippen LogP contribution is 2.25. The van der Waals surface area contributed by atoms with E-state index in [4.69, 9.17) is 9.15 Å². The number of halogens is 3. The number of piperidine rings is 1. The molecule has 0 spiro atoms. The molecule has 2 aliphatic heterocycles. The maximum Gasteiger partial charge on any atom is 0.422 e. The molecule has 4 rings (SSSR count). The molecule has 2 fully saturated rings. The van der Waals surface area contributed by atoms with Crippen LogP contribution in [-0.4, -0.2) is 64.9 Å². The smallest absolute Gasteiger partial charge is 0.422 e. The number of furan rings is 1. The van der Waals surface area contributed by atoms with Crippen molar-refractivity contribution < 1.29 is 22.3 Å². The summed E-state index contributed by atoms with van der Waals surface area (Å²) in [6.45, 7) is 4.44. The third kappa shape index (κ3) is 5.99. The van der Waals surface area contributed by atoms with E-state index in [9.17, 15) is 13.2 Å². The molecule has 2 saturated heterocycles. The van der Waals surface area contributed by atoms with E-state index in [0.717, 1.165) is 44.8 Å². The second-order valence-electron chi connectivity index (χ2n) is 7.97. The van der Waals surface area contributed by atoms with E-state index in [2.05, 4.69) is 25.2 Å². The fourth-order valence-corrected chi connectivity index (χ4v) is 4.06. The van der Waals surface area contributed by atoms with Gasteiger partial charge in [-0.05, 0) is 57.8 Å². The van der Waals surface area contributed by atoms with Crippen LogP contribution in [0.2, 0.25) is 0 Å². The minimum Gasteiger partial charge on any atom is -0.465 e. The first kappa shape index (κ1) is 21.7. The van der Waals surface area contributed by atoms with E-state index in [0.29, 0.717) is 24.3 Å². The highest BCUT2D eigenvalue weighted by molar-refractivity contribution is 5.39. The Hall–Kier alpha value is -2.56. The van der Waals surface area contributed by atoms with Gasteiger partial charge >= 0.3 is 12.2 Å². The Kier molecular flexibility index (Phi) is 6.49. The largest absolute Gasteiger partial charge is 0.465 e. The quantitative estimate of drug-likeness (QED) is 0.702.